The lowest BCUT2D eigenvalue weighted by atomic mass is 9.96. The van der Waals surface area contributed by atoms with Crippen molar-refractivity contribution >= 4 is 12.0 Å². The fraction of sp³-hybridized carbons (Fsp3) is 0.625. The summed E-state index contributed by atoms with van der Waals surface area (Å²) in [6.07, 6.45) is 3.57. The Labute approximate surface area is 141 Å². The van der Waals surface area contributed by atoms with Crippen molar-refractivity contribution in [3.05, 3.63) is 24.3 Å². The standard InChI is InChI=1S/C16H24N4O4/c1-15(2,3)24-14(23)20-9-4-6-16(20,11-21)13(22)19-10-12-17-7-5-8-18-12/h5,7-8,21H,4,6,9-11H2,1-3H3,(H,19,22). The predicted octanol–water partition coefficient (Wildman–Crippen LogP) is 0.855. The first-order chi connectivity index (χ1) is 11.3. The summed E-state index contributed by atoms with van der Waals surface area (Å²) in [6.45, 7) is 5.30. The minimum absolute atomic E-state index is 0.129. The molecule has 1 fully saturated rings. The summed E-state index contributed by atoms with van der Waals surface area (Å²) in [6, 6.07) is 1.68. The molecule has 0 aromatic carbocycles. The van der Waals surface area contributed by atoms with E-state index in [0.717, 1.165) is 0 Å². The van der Waals surface area contributed by atoms with Crippen molar-refractivity contribution in [2.45, 2.75) is 51.3 Å². The number of nitrogens with zero attached hydrogens (tertiary/aromatic N) is 3. The maximum Gasteiger partial charge on any atom is 0.411 e. The molecular formula is C16H24N4O4. The lowest BCUT2D eigenvalue weighted by Gasteiger charge is -2.36. The van der Waals surface area contributed by atoms with E-state index in [2.05, 4.69) is 15.3 Å². The Balaban J connectivity index is 2.10. The molecule has 132 valence electrons. The van der Waals surface area contributed by atoms with Gasteiger partial charge in [-0.2, -0.15) is 0 Å². The smallest absolute Gasteiger partial charge is 0.411 e. The molecule has 0 aliphatic carbocycles. The number of aliphatic hydroxyl groups is 1. The Morgan fingerprint density at radius 1 is 1.38 bits per heavy atom. The molecule has 0 saturated carbocycles. The van der Waals surface area contributed by atoms with Gasteiger partial charge < -0.3 is 15.2 Å². The molecular weight excluding hydrogens is 312 g/mol. The fourth-order valence-corrected chi connectivity index (χ4v) is 2.68. The van der Waals surface area contributed by atoms with E-state index in [9.17, 15) is 14.7 Å². The Bertz CT molecular complexity index is 587. The van der Waals surface area contributed by atoms with Gasteiger partial charge in [0, 0.05) is 18.9 Å². The van der Waals surface area contributed by atoms with Crippen molar-refractivity contribution in [2.75, 3.05) is 13.2 Å². The Morgan fingerprint density at radius 2 is 2.04 bits per heavy atom. The minimum atomic E-state index is -1.31. The second kappa shape index (κ2) is 7.12. The number of aliphatic hydroxyl groups excluding tert-OH is 1. The zero-order chi connectivity index (χ0) is 17.8. The van der Waals surface area contributed by atoms with Crippen molar-refractivity contribution < 1.29 is 19.4 Å². The SMILES string of the molecule is CC(C)(C)OC(=O)N1CCCC1(CO)C(=O)NCc1ncccn1. The van der Waals surface area contributed by atoms with Crippen LogP contribution in [-0.2, 0) is 16.1 Å². The molecule has 8 heteroatoms. The molecule has 8 nitrogen and oxygen atoms in total. The van der Waals surface area contributed by atoms with Crippen molar-refractivity contribution in [3.63, 3.8) is 0 Å². The highest BCUT2D eigenvalue weighted by Gasteiger charge is 2.50. The van der Waals surface area contributed by atoms with Gasteiger partial charge in [-0.25, -0.2) is 14.8 Å². The minimum Gasteiger partial charge on any atom is -0.444 e. The summed E-state index contributed by atoms with van der Waals surface area (Å²) in [4.78, 5) is 34.5. The fourth-order valence-electron chi connectivity index (χ4n) is 2.68. The summed E-state index contributed by atoms with van der Waals surface area (Å²) in [5.74, 6) is 0.0292. The van der Waals surface area contributed by atoms with Gasteiger partial charge in [0.05, 0.1) is 13.2 Å². The number of nitrogens with one attached hydrogen (secondary N) is 1. The van der Waals surface area contributed by atoms with Crippen LogP contribution in [0.1, 0.15) is 39.4 Å². The van der Waals surface area contributed by atoms with E-state index >= 15 is 0 Å². The van der Waals surface area contributed by atoms with Crippen LogP contribution < -0.4 is 5.32 Å². The summed E-state index contributed by atoms with van der Waals surface area (Å²) in [5.41, 5.74) is -1.98. The normalized spacial score (nSPS) is 20.8. The van der Waals surface area contributed by atoms with E-state index in [1.165, 1.54) is 4.90 Å². The Kier molecular flexibility index (Phi) is 5.38. The lowest BCUT2D eigenvalue weighted by molar-refractivity contribution is -0.134. The molecule has 1 unspecified atom stereocenters. The summed E-state index contributed by atoms with van der Waals surface area (Å²) in [5, 5.41) is 12.6. The highest BCUT2D eigenvalue weighted by Crippen LogP contribution is 2.31. The molecule has 1 aromatic heterocycles. The van der Waals surface area contributed by atoms with Crippen LogP contribution >= 0.6 is 0 Å². The van der Waals surface area contributed by atoms with Gasteiger partial charge in [0.2, 0.25) is 5.91 Å². The van der Waals surface area contributed by atoms with Gasteiger partial charge in [0.15, 0.2) is 0 Å². The lowest BCUT2D eigenvalue weighted by Crippen LogP contribution is -2.60. The van der Waals surface area contributed by atoms with Gasteiger partial charge in [0.25, 0.3) is 0 Å². The molecule has 1 saturated heterocycles. The van der Waals surface area contributed by atoms with Crippen LogP contribution in [-0.4, -0.2) is 56.3 Å². The van der Waals surface area contributed by atoms with Gasteiger partial charge in [-0.1, -0.05) is 0 Å². The first-order valence-corrected chi connectivity index (χ1v) is 7.94. The molecule has 1 aromatic rings. The van der Waals surface area contributed by atoms with Gasteiger partial charge >= 0.3 is 6.09 Å². The molecule has 2 N–H and O–H groups in total. The predicted molar refractivity (Wildman–Crippen MR) is 85.9 cm³/mol. The largest absolute Gasteiger partial charge is 0.444 e. The molecule has 2 amide bonds. The number of carbonyl (C=O) groups is 2. The van der Waals surface area contributed by atoms with Crippen molar-refractivity contribution in [1.82, 2.24) is 20.2 Å². The van der Waals surface area contributed by atoms with Crippen molar-refractivity contribution in [2.24, 2.45) is 0 Å². The highest BCUT2D eigenvalue weighted by atomic mass is 16.6. The maximum atomic E-state index is 12.7. The quantitative estimate of drug-likeness (QED) is 0.845. The third-order valence-corrected chi connectivity index (χ3v) is 3.81. The number of hydrogen-bond acceptors (Lipinski definition) is 6. The third kappa shape index (κ3) is 4.00. The molecule has 0 radical (unpaired) electrons. The topological polar surface area (TPSA) is 105 Å². The van der Waals surface area contributed by atoms with Crippen molar-refractivity contribution in [3.8, 4) is 0 Å². The van der Waals surface area contributed by atoms with E-state index < -0.39 is 29.7 Å². The summed E-state index contributed by atoms with van der Waals surface area (Å²) in [7, 11) is 0. The van der Waals surface area contributed by atoms with Crippen LogP contribution in [0.25, 0.3) is 0 Å². The van der Waals surface area contributed by atoms with Crippen LogP contribution in [0.3, 0.4) is 0 Å². The number of amides is 2. The van der Waals surface area contributed by atoms with E-state index in [1.54, 1.807) is 39.2 Å². The average molecular weight is 336 g/mol. The van der Waals surface area contributed by atoms with E-state index in [1.807, 2.05) is 0 Å². The molecule has 1 atom stereocenters. The molecule has 2 rings (SSSR count). The zero-order valence-electron chi connectivity index (χ0n) is 14.3. The number of likely N-dealkylation sites (tertiary alicyclic amines) is 1. The number of aromatic nitrogens is 2. The van der Waals surface area contributed by atoms with Crippen LogP contribution in [0.2, 0.25) is 0 Å². The van der Waals surface area contributed by atoms with Crippen LogP contribution in [0.5, 0.6) is 0 Å². The van der Waals surface area contributed by atoms with E-state index in [4.69, 9.17) is 4.74 Å². The number of ether oxygens (including phenoxy) is 1. The van der Waals surface area contributed by atoms with Crippen LogP contribution in [0, 0.1) is 0 Å². The van der Waals surface area contributed by atoms with Gasteiger partial charge in [-0.05, 0) is 39.7 Å². The Morgan fingerprint density at radius 3 is 2.62 bits per heavy atom. The number of hydrogen-bond donors (Lipinski definition) is 2. The van der Waals surface area contributed by atoms with Gasteiger partial charge in [-0.15, -0.1) is 0 Å². The average Bonchev–Trinajstić information content (AvgIpc) is 2.97. The second-order valence-corrected chi connectivity index (χ2v) is 6.77. The van der Waals surface area contributed by atoms with Gasteiger partial charge in [0.1, 0.15) is 17.0 Å². The van der Waals surface area contributed by atoms with E-state index in [-0.39, 0.29) is 6.54 Å². The van der Waals surface area contributed by atoms with E-state index in [0.29, 0.717) is 25.2 Å². The Hall–Kier alpha value is -2.22. The monoisotopic (exact) mass is 336 g/mol. The zero-order valence-corrected chi connectivity index (χ0v) is 14.3. The summed E-state index contributed by atoms with van der Waals surface area (Å²) >= 11 is 0. The van der Waals surface area contributed by atoms with Gasteiger partial charge in [-0.3, -0.25) is 9.69 Å². The molecule has 1 aliphatic heterocycles. The van der Waals surface area contributed by atoms with Crippen LogP contribution in [0.15, 0.2) is 18.5 Å². The number of carbonyl (C=O) groups excluding carboxylic acids is 2. The summed E-state index contributed by atoms with van der Waals surface area (Å²) < 4.78 is 5.36. The third-order valence-electron chi connectivity index (χ3n) is 3.81. The van der Waals surface area contributed by atoms with Crippen molar-refractivity contribution in [1.29, 1.82) is 0 Å². The maximum absolute atomic E-state index is 12.7. The molecule has 0 spiro atoms. The first kappa shape index (κ1) is 18.1. The number of rotatable bonds is 4. The second-order valence-electron chi connectivity index (χ2n) is 6.77. The van der Waals surface area contributed by atoms with Crippen LogP contribution in [0.4, 0.5) is 4.79 Å². The highest BCUT2D eigenvalue weighted by molar-refractivity contribution is 5.90. The molecule has 1 aliphatic rings. The first-order valence-electron chi connectivity index (χ1n) is 7.94. The molecule has 2 heterocycles. The molecule has 24 heavy (non-hydrogen) atoms. The molecule has 0 bridgehead atoms.